The molecule has 1 amide bonds. The molecule has 3 atom stereocenters. The van der Waals surface area contributed by atoms with Gasteiger partial charge in [-0.3, -0.25) is 4.79 Å². The molecule has 8 heteroatoms. The van der Waals surface area contributed by atoms with Crippen LogP contribution < -0.4 is 9.64 Å². The lowest BCUT2D eigenvalue weighted by Crippen LogP contribution is -2.57. The number of nitrogens with zero attached hydrogens (tertiary/aromatic N) is 2. The third-order valence-corrected chi connectivity index (χ3v) is 5.09. The van der Waals surface area contributed by atoms with Crippen LogP contribution in [0, 0.1) is 17.7 Å². The summed E-state index contributed by atoms with van der Waals surface area (Å²) in [5, 5.41) is 19.2. The summed E-state index contributed by atoms with van der Waals surface area (Å²) in [5.41, 5.74) is 0.696. The molecule has 1 aliphatic rings. The Bertz CT molecular complexity index is 712. The van der Waals surface area contributed by atoms with Crippen molar-refractivity contribution in [3.8, 4) is 5.75 Å². The molecule has 1 aromatic carbocycles. The summed E-state index contributed by atoms with van der Waals surface area (Å²) in [6, 6.07) is 4.53. The van der Waals surface area contributed by atoms with E-state index in [9.17, 15) is 19.1 Å². The van der Waals surface area contributed by atoms with Crippen LogP contribution in [-0.2, 0) is 9.59 Å². The van der Waals surface area contributed by atoms with Crippen molar-refractivity contribution in [3.05, 3.63) is 24.0 Å². The summed E-state index contributed by atoms with van der Waals surface area (Å²) in [7, 11) is 1.41. The number of carboxylic acids is 1. The Morgan fingerprint density at radius 3 is 2.50 bits per heavy atom. The highest BCUT2D eigenvalue weighted by molar-refractivity contribution is 5.86. The highest BCUT2D eigenvalue weighted by atomic mass is 19.1. The fourth-order valence-electron chi connectivity index (χ4n) is 3.63. The van der Waals surface area contributed by atoms with Crippen LogP contribution in [0.3, 0.4) is 0 Å². The number of halogens is 1. The van der Waals surface area contributed by atoms with Gasteiger partial charge in [-0.15, -0.1) is 0 Å². The van der Waals surface area contributed by atoms with Crippen molar-refractivity contribution in [2.75, 3.05) is 31.6 Å². The summed E-state index contributed by atoms with van der Waals surface area (Å²) >= 11 is 0. The van der Waals surface area contributed by atoms with Crippen molar-refractivity contribution in [1.29, 1.82) is 0 Å². The van der Waals surface area contributed by atoms with Gasteiger partial charge in [0.2, 0.25) is 5.91 Å². The second-order valence-corrected chi connectivity index (χ2v) is 7.66. The van der Waals surface area contributed by atoms with Gasteiger partial charge in [-0.1, -0.05) is 13.8 Å². The lowest BCUT2D eigenvalue weighted by molar-refractivity contribution is -0.158. The molecular weight excluding hydrogens is 367 g/mol. The van der Waals surface area contributed by atoms with Crippen LogP contribution in [0.15, 0.2) is 18.2 Å². The van der Waals surface area contributed by atoms with Gasteiger partial charge >= 0.3 is 5.97 Å². The predicted molar refractivity (Wildman–Crippen MR) is 103 cm³/mol. The summed E-state index contributed by atoms with van der Waals surface area (Å²) in [6.07, 6.45) is -1.43. The Labute approximate surface area is 164 Å². The molecule has 0 radical (unpaired) electrons. The zero-order valence-electron chi connectivity index (χ0n) is 16.8. The van der Waals surface area contributed by atoms with E-state index in [4.69, 9.17) is 9.84 Å². The van der Waals surface area contributed by atoms with Gasteiger partial charge in [-0.25, -0.2) is 9.18 Å². The maximum Gasteiger partial charge on any atom is 0.333 e. The Balaban J connectivity index is 2.12. The number of hydrogen-bond acceptors (Lipinski definition) is 5. The topological polar surface area (TPSA) is 90.3 Å². The van der Waals surface area contributed by atoms with Gasteiger partial charge < -0.3 is 24.7 Å². The SMILES string of the molecule is COc1ccc(N2CCN(C(=O)[C@@H](CC(C)C)[C@H](O)C(=O)O)[C@H](C)C2)cc1F. The van der Waals surface area contributed by atoms with E-state index in [0.29, 0.717) is 31.7 Å². The molecule has 1 aliphatic heterocycles. The van der Waals surface area contributed by atoms with Gasteiger partial charge in [0.05, 0.1) is 13.0 Å². The van der Waals surface area contributed by atoms with E-state index in [1.54, 1.807) is 17.0 Å². The van der Waals surface area contributed by atoms with Crippen LogP contribution in [0.5, 0.6) is 5.75 Å². The molecule has 0 saturated carbocycles. The number of benzene rings is 1. The second kappa shape index (κ2) is 9.23. The molecule has 28 heavy (non-hydrogen) atoms. The molecule has 1 aromatic rings. The van der Waals surface area contributed by atoms with Gasteiger partial charge in [0.25, 0.3) is 0 Å². The van der Waals surface area contributed by atoms with Crippen LogP contribution in [0.4, 0.5) is 10.1 Å². The summed E-state index contributed by atoms with van der Waals surface area (Å²) in [5.74, 6) is -2.93. The quantitative estimate of drug-likeness (QED) is 0.733. The Morgan fingerprint density at radius 2 is 2.00 bits per heavy atom. The number of rotatable bonds is 7. The fourth-order valence-corrected chi connectivity index (χ4v) is 3.63. The van der Waals surface area contributed by atoms with E-state index in [-0.39, 0.29) is 23.6 Å². The van der Waals surface area contributed by atoms with Crippen LogP contribution in [0.2, 0.25) is 0 Å². The normalized spacial score (nSPS) is 19.5. The van der Waals surface area contributed by atoms with E-state index in [0.717, 1.165) is 0 Å². The lowest BCUT2D eigenvalue weighted by Gasteiger charge is -2.42. The summed E-state index contributed by atoms with van der Waals surface area (Å²) < 4.78 is 18.9. The van der Waals surface area contributed by atoms with Crippen molar-refractivity contribution >= 4 is 17.6 Å². The number of aliphatic hydroxyl groups excluding tert-OH is 1. The maximum absolute atomic E-state index is 14.0. The molecule has 0 aromatic heterocycles. The molecule has 2 N–H and O–H groups in total. The number of aliphatic hydroxyl groups is 1. The molecular formula is C20H29FN2O5. The van der Waals surface area contributed by atoms with Gasteiger partial charge in [0.15, 0.2) is 17.7 Å². The molecule has 0 bridgehead atoms. The van der Waals surface area contributed by atoms with Crippen molar-refractivity contribution in [1.82, 2.24) is 4.90 Å². The van der Waals surface area contributed by atoms with Gasteiger partial charge in [-0.05, 0) is 31.4 Å². The number of carboxylic acid groups (broad SMARTS) is 1. The van der Waals surface area contributed by atoms with E-state index in [2.05, 4.69) is 0 Å². The highest BCUT2D eigenvalue weighted by Gasteiger charge is 2.38. The molecule has 0 unspecified atom stereocenters. The Kier molecular flexibility index (Phi) is 7.23. The minimum atomic E-state index is -1.73. The van der Waals surface area contributed by atoms with Gasteiger partial charge in [0.1, 0.15) is 0 Å². The lowest BCUT2D eigenvalue weighted by atomic mass is 9.90. The number of carbonyl (C=O) groups is 2. The van der Waals surface area contributed by atoms with E-state index in [1.165, 1.54) is 13.2 Å². The minimum absolute atomic E-state index is 0.0711. The molecule has 156 valence electrons. The third kappa shape index (κ3) is 4.92. The molecule has 1 saturated heterocycles. The standard InChI is InChI=1S/C20H29FN2O5/c1-12(2)9-15(18(24)20(26)27)19(25)23-8-7-22(11-13(23)3)14-5-6-17(28-4)16(21)10-14/h5-6,10,12-13,15,18,24H,7-9,11H2,1-4H3,(H,26,27)/t13-,15+,18+/m1/s1. The highest BCUT2D eigenvalue weighted by Crippen LogP contribution is 2.27. The minimum Gasteiger partial charge on any atom is -0.494 e. The van der Waals surface area contributed by atoms with Crippen LogP contribution >= 0.6 is 0 Å². The second-order valence-electron chi connectivity index (χ2n) is 7.66. The predicted octanol–water partition coefficient (Wildman–Crippen LogP) is 1.98. The average Bonchev–Trinajstić information content (AvgIpc) is 2.64. The number of amides is 1. The number of piperazine rings is 1. The fraction of sp³-hybridized carbons (Fsp3) is 0.600. The van der Waals surface area contributed by atoms with Crippen molar-refractivity contribution in [3.63, 3.8) is 0 Å². The number of hydrogen-bond donors (Lipinski definition) is 2. The molecule has 0 spiro atoms. The first-order valence-corrected chi connectivity index (χ1v) is 9.45. The summed E-state index contributed by atoms with van der Waals surface area (Å²) in [6.45, 7) is 6.97. The molecule has 0 aliphatic carbocycles. The summed E-state index contributed by atoms with van der Waals surface area (Å²) in [4.78, 5) is 27.8. The first kappa shape index (κ1) is 21.9. The first-order valence-electron chi connectivity index (χ1n) is 9.45. The van der Waals surface area contributed by atoms with E-state index < -0.39 is 23.8 Å². The van der Waals surface area contributed by atoms with E-state index in [1.807, 2.05) is 25.7 Å². The van der Waals surface area contributed by atoms with Crippen molar-refractivity contribution in [2.45, 2.75) is 39.3 Å². The molecule has 2 rings (SSSR count). The van der Waals surface area contributed by atoms with Gasteiger partial charge in [0, 0.05) is 37.4 Å². The largest absolute Gasteiger partial charge is 0.494 e. The third-order valence-electron chi connectivity index (χ3n) is 5.09. The first-order chi connectivity index (χ1) is 13.1. The van der Waals surface area contributed by atoms with E-state index >= 15 is 0 Å². The van der Waals surface area contributed by atoms with Gasteiger partial charge in [-0.2, -0.15) is 0 Å². The van der Waals surface area contributed by atoms with Crippen LogP contribution in [0.25, 0.3) is 0 Å². The Morgan fingerprint density at radius 1 is 1.32 bits per heavy atom. The number of carbonyl (C=O) groups excluding carboxylic acids is 1. The van der Waals surface area contributed by atoms with Crippen LogP contribution in [-0.4, -0.2) is 65.9 Å². The number of ether oxygens (including phenoxy) is 1. The van der Waals surface area contributed by atoms with Crippen molar-refractivity contribution < 1.29 is 28.9 Å². The maximum atomic E-state index is 14.0. The zero-order valence-corrected chi connectivity index (χ0v) is 16.8. The number of aliphatic carboxylic acids is 1. The number of anilines is 1. The average molecular weight is 396 g/mol. The van der Waals surface area contributed by atoms with Crippen LogP contribution in [0.1, 0.15) is 27.2 Å². The molecule has 1 heterocycles. The monoisotopic (exact) mass is 396 g/mol. The Hall–Kier alpha value is -2.35. The van der Waals surface area contributed by atoms with Crippen molar-refractivity contribution in [2.24, 2.45) is 11.8 Å². The smallest absolute Gasteiger partial charge is 0.333 e. The molecule has 1 fully saturated rings. The number of methoxy groups -OCH3 is 1. The zero-order chi connectivity index (χ0) is 21.0. The molecule has 7 nitrogen and oxygen atoms in total.